The molecule has 4 heteroatoms. The summed E-state index contributed by atoms with van der Waals surface area (Å²) in [6.07, 6.45) is 4.54. The van der Waals surface area contributed by atoms with Crippen molar-refractivity contribution in [2.75, 3.05) is 0 Å². The number of aromatic nitrogens is 2. The molecular formula is C10H16N2O2. The van der Waals surface area contributed by atoms with E-state index >= 15 is 0 Å². The quantitative estimate of drug-likeness (QED) is 0.744. The topological polar surface area (TPSA) is 58.0 Å². The molecule has 14 heavy (non-hydrogen) atoms. The van der Waals surface area contributed by atoms with E-state index in [9.17, 15) is 4.79 Å². The lowest BCUT2D eigenvalue weighted by atomic mass is 10.2. The minimum Gasteiger partial charge on any atom is -0.391 e. The number of hydrogen-bond donors (Lipinski definition) is 2. The van der Waals surface area contributed by atoms with Crippen molar-refractivity contribution in [3.63, 3.8) is 0 Å². The summed E-state index contributed by atoms with van der Waals surface area (Å²) in [6.45, 7) is 1.67. The summed E-state index contributed by atoms with van der Waals surface area (Å²) in [5.41, 5.74) is 1.26. The van der Waals surface area contributed by atoms with Crippen LogP contribution in [0.4, 0.5) is 0 Å². The highest BCUT2D eigenvalue weighted by atomic mass is 16.3. The fraction of sp³-hybridized carbons (Fsp3) is 0.700. The average Bonchev–Trinajstić information content (AvgIpc) is 2.74. The fourth-order valence-electron chi connectivity index (χ4n) is 2.21. The molecular weight excluding hydrogens is 180 g/mol. The van der Waals surface area contributed by atoms with Gasteiger partial charge in [0.05, 0.1) is 18.2 Å². The molecule has 0 atom stereocenters. The van der Waals surface area contributed by atoms with E-state index in [-0.39, 0.29) is 12.2 Å². The van der Waals surface area contributed by atoms with E-state index in [2.05, 4.69) is 5.10 Å². The van der Waals surface area contributed by atoms with Crippen LogP contribution < -0.4 is 5.56 Å². The third-order valence-corrected chi connectivity index (χ3v) is 3.07. The molecule has 2 rings (SSSR count). The van der Waals surface area contributed by atoms with Crippen molar-refractivity contribution in [2.45, 2.75) is 45.3 Å². The standard InChI is InChI=1S/C10H16N2O2/c1-7-9(6-13)10(14)12(11-7)8-4-2-3-5-8/h8,11,13H,2-6H2,1H3. The minimum absolute atomic E-state index is 0.0445. The Morgan fingerprint density at radius 3 is 2.64 bits per heavy atom. The van der Waals surface area contributed by atoms with E-state index in [0.29, 0.717) is 11.6 Å². The fourth-order valence-corrected chi connectivity index (χ4v) is 2.21. The van der Waals surface area contributed by atoms with Crippen molar-refractivity contribution in [1.82, 2.24) is 9.78 Å². The molecule has 1 aromatic rings. The van der Waals surface area contributed by atoms with Gasteiger partial charge >= 0.3 is 0 Å². The summed E-state index contributed by atoms with van der Waals surface area (Å²) < 4.78 is 1.69. The number of rotatable bonds is 2. The molecule has 0 unspecified atom stereocenters. The summed E-state index contributed by atoms with van der Waals surface area (Å²) in [5.74, 6) is 0. The van der Waals surface area contributed by atoms with Gasteiger partial charge in [-0.2, -0.15) is 0 Å². The zero-order valence-corrected chi connectivity index (χ0v) is 8.42. The number of aromatic amines is 1. The van der Waals surface area contributed by atoms with Crippen LogP contribution in [0, 0.1) is 6.92 Å². The molecule has 1 saturated carbocycles. The number of H-pyrrole nitrogens is 1. The predicted molar refractivity (Wildman–Crippen MR) is 53.2 cm³/mol. The highest BCUT2D eigenvalue weighted by molar-refractivity contribution is 5.14. The molecule has 1 heterocycles. The normalized spacial score (nSPS) is 17.9. The van der Waals surface area contributed by atoms with Gasteiger partial charge in [-0.1, -0.05) is 12.8 Å². The lowest BCUT2D eigenvalue weighted by Crippen LogP contribution is -2.22. The smallest absolute Gasteiger partial charge is 0.272 e. The Hall–Kier alpha value is -1.03. The Balaban J connectivity index is 2.38. The second-order valence-electron chi connectivity index (χ2n) is 3.99. The minimum atomic E-state index is -0.166. The molecule has 2 N–H and O–H groups in total. The average molecular weight is 196 g/mol. The molecule has 4 nitrogen and oxygen atoms in total. The van der Waals surface area contributed by atoms with Gasteiger partial charge in [0.2, 0.25) is 0 Å². The van der Waals surface area contributed by atoms with Crippen LogP contribution in [0.5, 0.6) is 0 Å². The van der Waals surface area contributed by atoms with Crippen LogP contribution in [-0.4, -0.2) is 14.9 Å². The van der Waals surface area contributed by atoms with Gasteiger partial charge in [-0.25, -0.2) is 4.68 Å². The molecule has 0 radical (unpaired) electrons. The van der Waals surface area contributed by atoms with Crippen molar-refractivity contribution < 1.29 is 5.11 Å². The molecule has 78 valence electrons. The van der Waals surface area contributed by atoms with Crippen molar-refractivity contribution >= 4 is 0 Å². The second kappa shape index (κ2) is 3.61. The summed E-state index contributed by atoms with van der Waals surface area (Å²) in [6, 6.07) is 0.321. The number of hydrogen-bond acceptors (Lipinski definition) is 2. The Morgan fingerprint density at radius 2 is 2.14 bits per heavy atom. The highest BCUT2D eigenvalue weighted by Crippen LogP contribution is 2.27. The zero-order valence-electron chi connectivity index (χ0n) is 8.42. The Bertz CT molecular complexity index is 372. The maximum Gasteiger partial charge on any atom is 0.272 e. The van der Waals surface area contributed by atoms with Crippen molar-refractivity contribution in [3.05, 3.63) is 21.6 Å². The van der Waals surface area contributed by atoms with Gasteiger partial charge in [0.25, 0.3) is 5.56 Å². The van der Waals surface area contributed by atoms with Crippen LogP contribution in [0.15, 0.2) is 4.79 Å². The molecule has 0 saturated heterocycles. The predicted octanol–water partition coefficient (Wildman–Crippen LogP) is 1.09. The van der Waals surface area contributed by atoms with Gasteiger partial charge in [-0.15, -0.1) is 0 Å². The molecule has 1 fully saturated rings. The van der Waals surface area contributed by atoms with Crippen LogP contribution in [0.3, 0.4) is 0 Å². The Labute approximate surface area is 82.5 Å². The van der Waals surface area contributed by atoms with Gasteiger partial charge < -0.3 is 5.11 Å². The lowest BCUT2D eigenvalue weighted by molar-refractivity contribution is 0.279. The van der Waals surface area contributed by atoms with Gasteiger partial charge in [0.1, 0.15) is 0 Å². The molecule has 0 amide bonds. The van der Waals surface area contributed by atoms with Crippen LogP contribution in [-0.2, 0) is 6.61 Å². The molecule has 1 aromatic heterocycles. The molecule has 0 aliphatic heterocycles. The maximum absolute atomic E-state index is 11.8. The third-order valence-electron chi connectivity index (χ3n) is 3.07. The first kappa shape index (κ1) is 9.52. The maximum atomic E-state index is 11.8. The first-order valence-electron chi connectivity index (χ1n) is 5.15. The van der Waals surface area contributed by atoms with Crippen LogP contribution in [0.1, 0.15) is 43.0 Å². The van der Waals surface area contributed by atoms with Crippen molar-refractivity contribution in [1.29, 1.82) is 0 Å². The van der Waals surface area contributed by atoms with Crippen LogP contribution in [0.2, 0.25) is 0 Å². The molecule has 0 aromatic carbocycles. The first-order valence-corrected chi connectivity index (χ1v) is 5.15. The van der Waals surface area contributed by atoms with Crippen molar-refractivity contribution in [3.8, 4) is 0 Å². The number of aryl methyl sites for hydroxylation is 1. The van der Waals surface area contributed by atoms with Crippen molar-refractivity contribution in [2.24, 2.45) is 0 Å². The van der Waals surface area contributed by atoms with Gasteiger partial charge in [-0.3, -0.25) is 9.89 Å². The SMILES string of the molecule is Cc1[nH]n(C2CCCC2)c(=O)c1CO. The summed E-state index contributed by atoms with van der Waals surface area (Å²) in [5, 5.41) is 12.1. The van der Waals surface area contributed by atoms with Gasteiger partial charge in [0.15, 0.2) is 0 Å². The number of aliphatic hydroxyl groups is 1. The van der Waals surface area contributed by atoms with Gasteiger partial charge in [0, 0.05) is 5.69 Å². The van der Waals surface area contributed by atoms with Crippen LogP contribution in [0.25, 0.3) is 0 Å². The van der Waals surface area contributed by atoms with E-state index in [1.807, 2.05) is 6.92 Å². The van der Waals surface area contributed by atoms with E-state index in [4.69, 9.17) is 5.11 Å². The Kier molecular flexibility index (Phi) is 2.46. The number of nitrogens with zero attached hydrogens (tertiary/aromatic N) is 1. The number of aliphatic hydroxyl groups excluding tert-OH is 1. The molecule has 0 spiro atoms. The van der Waals surface area contributed by atoms with E-state index in [1.165, 1.54) is 12.8 Å². The summed E-state index contributed by atoms with van der Waals surface area (Å²) in [4.78, 5) is 11.8. The number of nitrogens with one attached hydrogen (secondary N) is 1. The highest BCUT2D eigenvalue weighted by Gasteiger charge is 2.21. The van der Waals surface area contributed by atoms with E-state index in [1.54, 1.807) is 4.68 Å². The lowest BCUT2D eigenvalue weighted by Gasteiger charge is -2.08. The zero-order chi connectivity index (χ0) is 10.1. The van der Waals surface area contributed by atoms with Crippen LogP contribution >= 0.6 is 0 Å². The Morgan fingerprint density at radius 1 is 1.50 bits per heavy atom. The van der Waals surface area contributed by atoms with Gasteiger partial charge in [-0.05, 0) is 19.8 Å². The summed E-state index contributed by atoms with van der Waals surface area (Å²) >= 11 is 0. The molecule has 1 aliphatic carbocycles. The largest absolute Gasteiger partial charge is 0.391 e. The molecule has 1 aliphatic rings. The third kappa shape index (κ3) is 1.39. The monoisotopic (exact) mass is 196 g/mol. The van der Waals surface area contributed by atoms with E-state index in [0.717, 1.165) is 18.5 Å². The summed E-state index contributed by atoms with van der Waals surface area (Å²) in [7, 11) is 0. The van der Waals surface area contributed by atoms with E-state index < -0.39 is 0 Å². The molecule has 0 bridgehead atoms. The second-order valence-corrected chi connectivity index (χ2v) is 3.99. The first-order chi connectivity index (χ1) is 6.74.